The van der Waals surface area contributed by atoms with Crippen molar-refractivity contribution in [2.75, 3.05) is 69.0 Å². The van der Waals surface area contributed by atoms with Gasteiger partial charge in [0.25, 0.3) is 5.91 Å². The molecule has 0 spiro atoms. The number of rotatable bonds is 7. The van der Waals surface area contributed by atoms with Crippen LogP contribution >= 0.6 is 0 Å². The highest BCUT2D eigenvalue weighted by Crippen LogP contribution is 2.29. The Labute approximate surface area is 268 Å². The summed E-state index contributed by atoms with van der Waals surface area (Å²) in [6, 6.07) is 13.4. The van der Waals surface area contributed by atoms with Crippen molar-refractivity contribution < 1.29 is 27.5 Å². The number of benzene rings is 2. The molecule has 2 aromatic carbocycles. The van der Waals surface area contributed by atoms with Crippen LogP contribution in [0.3, 0.4) is 0 Å². The number of alkyl halides is 3. The highest BCUT2D eigenvalue weighted by molar-refractivity contribution is 6.00. The summed E-state index contributed by atoms with van der Waals surface area (Å²) in [6.07, 6.45) is -2.65. The molecule has 0 aliphatic carbocycles. The molecule has 4 aromatic rings. The average molecular weight is 653 g/mol. The average Bonchev–Trinajstić information content (AvgIpc) is 3.46. The summed E-state index contributed by atoms with van der Waals surface area (Å²) >= 11 is 0. The first-order chi connectivity index (χ1) is 22.5. The van der Waals surface area contributed by atoms with E-state index in [1.807, 2.05) is 9.80 Å². The SMILES string of the molecule is CN(C)C1CCN(C(=O)c2ccc(NC(=O)Nc3ccc(-c4nc(N5CCOCC5)c5nnn(CC(F)(F)F)c5n4)cc3)cc2)CC1. The van der Waals surface area contributed by atoms with Gasteiger partial charge in [-0.1, -0.05) is 5.21 Å². The molecule has 47 heavy (non-hydrogen) atoms. The van der Waals surface area contributed by atoms with Gasteiger partial charge in [-0.25, -0.2) is 19.4 Å². The van der Waals surface area contributed by atoms with Crippen molar-refractivity contribution in [3.63, 3.8) is 0 Å². The summed E-state index contributed by atoms with van der Waals surface area (Å²) < 4.78 is 45.9. The first-order valence-corrected chi connectivity index (χ1v) is 15.3. The molecule has 2 aliphatic heterocycles. The number of carbonyl (C=O) groups is 2. The van der Waals surface area contributed by atoms with Crippen LogP contribution in [0.5, 0.6) is 0 Å². The number of hydrogen-bond acceptors (Lipinski definition) is 9. The number of urea groups is 1. The second-order valence-corrected chi connectivity index (χ2v) is 11.7. The van der Waals surface area contributed by atoms with Crippen LogP contribution in [0.15, 0.2) is 48.5 Å². The number of fused-ring (bicyclic) bond motifs is 1. The number of morpholine rings is 1. The van der Waals surface area contributed by atoms with Crippen LogP contribution in [0, 0.1) is 0 Å². The number of ether oxygens (including phenoxy) is 1. The Bertz CT molecular complexity index is 1710. The molecule has 2 N–H and O–H groups in total. The van der Waals surface area contributed by atoms with Gasteiger partial charge in [0.2, 0.25) is 0 Å². The zero-order valence-electron chi connectivity index (χ0n) is 26.0. The molecule has 0 unspecified atom stereocenters. The first kappa shape index (κ1) is 32.1. The third-order valence-electron chi connectivity index (χ3n) is 8.26. The van der Waals surface area contributed by atoms with Crippen LogP contribution in [-0.2, 0) is 11.3 Å². The molecule has 2 saturated heterocycles. The van der Waals surface area contributed by atoms with Crippen LogP contribution in [0.4, 0.5) is 35.2 Å². The second-order valence-electron chi connectivity index (χ2n) is 11.7. The van der Waals surface area contributed by atoms with E-state index in [-0.39, 0.29) is 22.9 Å². The summed E-state index contributed by atoms with van der Waals surface area (Å²) in [4.78, 5) is 40.7. The minimum absolute atomic E-state index is 0.0282. The lowest BCUT2D eigenvalue weighted by atomic mass is 10.0. The number of nitrogens with zero attached hydrogens (tertiary/aromatic N) is 8. The van der Waals surface area contributed by atoms with Crippen molar-refractivity contribution in [3.8, 4) is 11.4 Å². The molecular formula is C31H35F3N10O3. The largest absolute Gasteiger partial charge is 0.408 e. The van der Waals surface area contributed by atoms with Gasteiger partial charge in [-0.05, 0) is 75.5 Å². The Balaban J connectivity index is 1.12. The Kier molecular flexibility index (Phi) is 9.22. The highest BCUT2D eigenvalue weighted by atomic mass is 19.4. The fourth-order valence-electron chi connectivity index (χ4n) is 5.70. The van der Waals surface area contributed by atoms with Crippen molar-refractivity contribution in [2.24, 2.45) is 0 Å². The van der Waals surface area contributed by atoms with Crippen LogP contribution in [-0.4, -0.2) is 112 Å². The molecule has 2 aromatic heterocycles. The molecule has 0 atom stereocenters. The lowest BCUT2D eigenvalue weighted by molar-refractivity contribution is -0.142. The molecule has 3 amide bonds. The predicted molar refractivity (Wildman–Crippen MR) is 169 cm³/mol. The van der Waals surface area contributed by atoms with Crippen LogP contribution < -0.4 is 15.5 Å². The lowest BCUT2D eigenvalue weighted by Crippen LogP contribution is -2.44. The second kappa shape index (κ2) is 13.5. The zero-order chi connectivity index (χ0) is 33.1. The van der Waals surface area contributed by atoms with E-state index in [1.165, 1.54) is 0 Å². The van der Waals surface area contributed by atoms with Gasteiger partial charge >= 0.3 is 12.2 Å². The lowest BCUT2D eigenvalue weighted by Gasteiger charge is -2.35. The van der Waals surface area contributed by atoms with E-state index in [4.69, 9.17) is 4.74 Å². The Hall–Kier alpha value is -4.83. The van der Waals surface area contributed by atoms with Gasteiger partial charge in [-0.15, -0.1) is 5.10 Å². The van der Waals surface area contributed by atoms with Crippen molar-refractivity contribution >= 4 is 40.3 Å². The van der Waals surface area contributed by atoms with Crippen molar-refractivity contribution in [3.05, 3.63) is 54.1 Å². The van der Waals surface area contributed by atoms with E-state index in [9.17, 15) is 22.8 Å². The molecule has 2 fully saturated rings. The maximum absolute atomic E-state index is 13.2. The summed E-state index contributed by atoms with van der Waals surface area (Å²) in [6.45, 7) is 1.94. The van der Waals surface area contributed by atoms with Gasteiger partial charge in [0.1, 0.15) is 6.54 Å². The zero-order valence-corrected chi connectivity index (χ0v) is 26.0. The summed E-state index contributed by atoms with van der Waals surface area (Å²) in [5.41, 5.74) is 2.22. The standard InChI is InChI=1S/C31H35F3N10O3/c1-41(2)24-11-13-43(14-12-24)29(45)21-5-9-23(10-6-21)36-30(46)35-22-7-3-20(4-8-22)26-37-27(42-15-17-47-18-16-42)25-28(38-26)44(40-39-25)19-31(32,33)34/h3-10,24H,11-19H2,1-2H3,(H2,35,36,46). The molecule has 13 nitrogen and oxygen atoms in total. The van der Waals surface area contributed by atoms with Gasteiger partial charge in [-0.3, -0.25) is 4.79 Å². The number of aromatic nitrogens is 5. The van der Waals surface area contributed by atoms with Crippen LogP contribution in [0.25, 0.3) is 22.6 Å². The fourth-order valence-corrected chi connectivity index (χ4v) is 5.70. The maximum atomic E-state index is 13.2. The summed E-state index contributed by atoms with van der Waals surface area (Å²) in [5, 5.41) is 13.2. The first-order valence-electron chi connectivity index (χ1n) is 15.3. The number of carbonyl (C=O) groups excluding carboxylic acids is 2. The molecule has 0 radical (unpaired) electrons. The van der Waals surface area contributed by atoms with Crippen molar-refractivity contribution in [1.29, 1.82) is 0 Å². The molecule has 4 heterocycles. The van der Waals surface area contributed by atoms with E-state index < -0.39 is 18.8 Å². The quantitative estimate of drug-likeness (QED) is 0.303. The van der Waals surface area contributed by atoms with Crippen molar-refractivity contribution in [1.82, 2.24) is 34.8 Å². The van der Waals surface area contributed by atoms with Gasteiger partial charge in [-0.2, -0.15) is 13.2 Å². The third-order valence-corrected chi connectivity index (χ3v) is 8.26. The summed E-state index contributed by atoms with van der Waals surface area (Å²) in [5.74, 6) is 0.543. The number of likely N-dealkylation sites (tertiary alicyclic amines) is 1. The molecular weight excluding hydrogens is 617 g/mol. The minimum Gasteiger partial charge on any atom is -0.378 e. The molecule has 2 aliphatic rings. The van der Waals surface area contributed by atoms with Crippen LogP contribution in [0.2, 0.25) is 0 Å². The fraction of sp³-hybridized carbons (Fsp3) is 0.419. The number of hydrogen-bond donors (Lipinski definition) is 2. The van der Waals surface area contributed by atoms with Crippen LogP contribution in [0.1, 0.15) is 23.2 Å². The number of piperidine rings is 1. The maximum Gasteiger partial charge on any atom is 0.408 e. The third kappa shape index (κ3) is 7.60. The monoisotopic (exact) mass is 652 g/mol. The van der Waals surface area contributed by atoms with Crippen molar-refractivity contribution in [2.45, 2.75) is 31.6 Å². The van der Waals surface area contributed by atoms with Gasteiger partial charge in [0.15, 0.2) is 22.8 Å². The normalized spacial score (nSPS) is 16.1. The Morgan fingerprint density at radius 3 is 2.13 bits per heavy atom. The molecule has 248 valence electrons. The number of nitrogens with one attached hydrogen (secondary N) is 2. The van der Waals surface area contributed by atoms with E-state index in [0.717, 1.165) is 17.5 Å². The van der Waals surface area contributed by atoms with E-state index >= 15 is 0 Å². The highest BCUT2D eigenvalue weighted by Gasteiger charge is 2.31. The Morgan fingerprint density at radius 1 is 0.915 bits per heavy atom. The Morgan fingerprint density at radius 2 is 1.53 bits per heavy atom. The number of halogens is 3. The molecule has 0 saturated carbocycles. The smallest absolute Gasteiger partial charge is 0.378 e. The molecule has 16 heteroatoms. The summed E-state index contributed by atoms with van der Waals surface area (Å²) in [7, 11) is 4.11. The van der Waals surface area contributed by atoms with E-state index in [1.54, 1.807) is 48.5 Å². The van der Waals surface area contributed by atoms with E-state index in [0.29, 0.717) is 73.8 Å². The number of amides is 3. The van der Waals surface area contributed by atoms with E-state index in [2.05, 4.69) is 49.9 Å². The molecule has 0 bridgehead atoms. The van der Waals surface area contributed by atoms with Gasteiger partial charge in [0, 0.05) is 54.7 Å². The molecule has 6 rings (SSSR count). The predicted octanol–water partition coefficient (Wildman–Crippen LogP) is 4.10. The van der Waals surface area contributed by atoms with Gasteiger partial charge < -0.3 is 30.1 Å². The topological polar surface area (TPSA) is 134 Å². The number of anilines is 3. The minimum atomic E-state index is -4.51. The van der Waals surface area contributed by atoms with Gasteiger partial charge in [0.05, 0.1) is 13.2 Å².